The molecule has 8 nitrogen and oxygen atoms in total. The lowest BCUT2D eigenvalue weighted by Gasteiger charge is -2.24. The fraction of sp³-hybridized carbons (Fsp3) is 0.973. The Hall–Kier alpha value is -0.500. The van der Waals surface area contributed by atoms with Gasteiger partial charge in [0.15, 0.2) is 0 Å². The summed E-state index contributed by atoms with van der Waals surface area (Å²) >= 11 is 0. The summed E-state index contributed by atoms with van der Waals surface area (Å²) in [6, 6.07) is 0. The Bertz CT molecular complexity index is 716. The number of carbonyl (C=O) groups is 1. The second-order valence-electron chi connectivity index (χ2n) is 14.5. The van der Waals surface area contributed by atoms with E-state index in [9.17, 15) is 19.4 Å². The van der Waals surface area contributed by atoms with Gasteiger partial charge in [0.2, 0.25) is 0 Å². The van der Waals surface area contributed by atoms with E-state index in [1.807, 2.05) is 21.1 Å². The number of nitrogens with zero attached hydrogens (tertiary/aromatic N) is 1. The maximum Gasteiger partial charge on any atom is 0.472 e. The zero-order valence-electron chi connectivity index (χ0n) is 30.8. The molecule has 276 valence electrons. The molecular formula is C37H77NO7P+. The minimum absolute atomic E-state index is 0.0575. The Balaban J connectivity index is 3.35. The van der Waals surface area contributed by atoms with Crippen molar-refractivity contribution in [2.24, 2.45) is 0 Å². The molecule has 0 bridgehead atoms. The van der Waals surface area contributed by atoms with Crippen molar-refractivity contribution >= 4 is 13.8 Å². The number of unbranched alkanes of at least 4 members (excludes halogenated alkanes) is 25. The number of ether oxygens (including phenoxy) is 1. The van der Waals surface area contributed by atoms with Gasteiger partial charge in [0.1, 0.15) is 25.9 Å². The van der Waals surface area contributed by atoms with Gasteiger partial charge in [-0.1, -0.05) is 167 Å². The van der Waals surface area contributed by atoms with Crippen LogP contribution < -0.4 is 0 Å². The number of quaternary nitrogens is 1. The number of aliphatic hydroxyl groups excluding tert-OH is 1. The molecule has 0 radical (unpaired) electrons. The van der Waals surface area contributed by atoms with E-state index in [0.717, 1.165) is 19.3 Å². The molecule has 0 saturated carbocycles. The molecule has 2 atom stereocenters. The van der Waals surface area contributed by atoms with Crippen molar-refractivity contribution in [2.45, 2.75) is 186 Å². The number of hydrogen-bond acceptors (Lipinski definition) is 6. The zero-order chi connectivity index (χ0) is 34.2. The van der Waals surface area contributed by atoms with E-state index in [0.29, 0.717) is 17.4 Å². The Labute approximate surface area is 284 Å². The van der Waals surface area contributed by atoms with Gasteiger partial charge in [-0.25, -0.2) is 4.57 Å². The maximum atomic E-state index is 11.9. The van der Waals surface area contributed by atoms with Crippen LogP contribution in [0.2, 0.25) is 0 Å². The highest BCUT2D eigenvalue weighted by Crippen LogP contribution is 2.43. The van der Waals surface area contributed by atoms with E-state index in [2.05, 4.69) is 6.92 Å². The van der Waals surface area contributed by atoms with Crippen molar-refractivity contribution < 1.29 is 37.6 Å². The molecule has 0 aromatic heterocycles. The van der Waals surface area contributed by atoms with Gasteiger partial charge in [0.25, 0.3) is 0 Å². The van der Waals surface area contributed by atoms with Crippen LogP contribution in [0.1, 0.15) is 180 Å². The summed E-state index contributed by atoms with van der Waals surface area (Å²) in [6.45, 7) is 2.18. The topological polar surface area (TPSA) is 102 Å². The van der Waals surface area contributed by atoms with Crippen molar-refractivity contribution in [3.05, 3.63) is 0 Å². The van der Waals surface area contributed by atoms with Gasteiger partial charge in [-0.15, -0.1) is 0 Å². The van der Waals surface area contributed by atoms with Crippen LogP contribution in [0, 0.1) is 0 Å². The number of likely N-dealkylation sites (N-methyl/N-ethyl adjacent to an activating group) is 1. The van der Waals surface area contributed by atoms with Crippen LogP contribution in [0.25, 0.3) is 0 Å². The second kappa shape index (κ2) is 31.7. The standard InChI is InChI=1S/C37H76NO7P/c1-5-6-7-8-9-10-11-12-13-14-15-16-17-18-19-20-21-22-23-24-25-26-27-28-29-30-31-37(40)43-34-36(39)35-45-46(41,42)44-33-32-38(2,3)4/h36,39H,5-35H2,1-4H3/p+1. The molecule has 0 fully saturated rings. The molecule has 46 heavy (non-hydrogen) atoms. The van der Waals surface area contributed by atoms with Gasteiger partial charge in [-0.2, -0.15) is 0 Å². The molecular weight excluding hydrogens is 601 g/mol. The number of carbonyl (C=O) groups excluding carboxylic acids is 1. The van der Waals surface area contributed by atoms with E-state index in [1.165, 1.54) is 148 Å². The Morgan fingerprint density at radius 1 is 0.587 bits per heavy atom. The quantitative estimate of drug-likeness (QED) is 0.0294. The third-order valence-corrected chi connectivity index (χ3v) is 9.60. The smallest absolute Gasteiger partial charge is 0.463 e. The van der Waals surface area contributed by atoms with Crippen LogP contribution in [0.4, 0.5) is 0 Å². The second-order valence-corrected chi connectivity index (χ2v) is 16.0. The molecule has 9 heteroatoms. The van der Waals surface area contributed by atoms with E-state index >= 15 is 0 Å². The number of phosphoric ester groups is 1. The van der Waals surface area contributed by atoms with Gasteiger partial charge in [-0.05, 0) is 6.42 Å². The average molecular weight is 679 g/mol. The third kappa shape index (κ3) is 36.3. The van der Waals surface area contributed by atoms with Gasteiger partial charge in [0, 0.05) is 6.42 Å². The SMILES string of the molecule is CCCCCCCCCCCCCCCCCCCCCCCCCCCCC(=O)OCC(O)COP(=O)(O)OCC[N+](C)(C)C. The lowest BCUT2D eigenvalue weighted by atomic mass is 10.0. The highest BCUT2D eigenvalue weighted by atomic mass is 31.2. The normalized spacial score (nSPS) is 14.0. The fourth-order valence-corrected chi connectivity index (χ4v) is 6.29. The first kappa shape index (κ1) is 45.5. The summed E-state index contributed by atoms with van der Waals surface area (Å²) < 4.78 is 27.2. The molecule has 0 saturated heterocycles. The van der Waals surface area contributed by atoms with Gasteiger partial charge < -0.3 is 19.2 Å². The Morgan fingerprint density at radius 2 is 0.935 bits per heavy atom. The maximum absolute atomic E-state index is 11.9. The lowest BCUT2D eigenvalue weighted by molar-refractivity contribution is -0.870. The van der Waals surface area contributed by atoms with Gasteiger partial charge in [0.05, 0.1) is 27.7 Å². The van der Waals surface area contributed by atoms with E-state index in [4.69, 9.17) is 13.8 Å². The molecule has 0 spiro atoms. The van der Waals surface area contributed by atoms with Crippen molar-refractivity contribution in [1.29, 1.82) is 0 Å². The molecule has 0 aromatic rings. The predicted molar refractivity (Wildman–Crippen MR) is 192 cm³/mol. The first-order valence-electron chi connectivity index (χ1n) is 19.3. The number of rotatable bonds is 36. The minimum Gasteiger partial charge on any atom is -0.463 e. The van der Waals surface area contributed by atoms with E-state index in [1.54, 1.807) is 0 Å². The highest BCUT2D eigenvalue weighted by Gasteiger charge is 2.24. The summed E-state index contributed by atoms with van der Waals surface area (Å²) in [6.07, 6.45) is 34.2. The first-order valence-corrected chi connectivity index (χ1v) is 20.8. The van der Waals surface area contributed by atoms with Crippen molar-refractivity contribution in [3.63, 3.8) is 0 Å². The van der Waals surface area contributed by atoms with Crippen LogP contribution in [0.3, 0.4) is 0 Å². The van der Waals surface area contributed by atoms with Crippen molar-refractivity contribution in [3.8, 4) is 0 Å². The van der Waals surface area contributed by atoms with Crippen molar-refractivity contribution in [1.82, 2.24) is 0 Å². The summed E-state index contributed by atoms with van der Waals surface area (Å²) in [4.78, 5) is 21.6. The molecule has 0 amide bonds. The molecule has 0 aliphatic rings. The molecule has 0 aliphatic carbocycles. The first-order chi connectivity index (χ1) is 22.1. The van der Waals surface area contributed by atoms with Crippen LogP contribution in [-0.4, -0.2) is 74.1 Å². The summed E-state index contributed by atoms with van der Waals surface area (Å²) in [5.74, 6) is -0.366. The third-order valence-electron chi connectivity index (χ3n) is 8.62. The van der Waals surface area contributed by atoms with Gasteiger partial charge in [-0.3, -0.25) is 13.8 Å². The zero-order valence-corrected chi connectivity index (χ0v) is 31.7. The van der Waals surface area contributed by atoms with Crippen molar-refractivity contribution in [2.75, 3.05) is 47.5 Å². The average Bonchev–Trinajstić information content (AvgIpc) is 3.00. The van der Waals surface area contributed by atoms with Crippen LogP contribution in [-0.2, 0) is 23.1 Å². The number of hydrogen-bond donors (Lipinski definition) is 2. The van der Waals surface area contributed by atoms with Crippen LogP contribution >= 0.6 is 7.82 Å². The van der Waals surface area contributed by atoms with Crippen LogP contribution in [0.15, 0.2) is 0 Å². The summed E-state index contributed by atoms with van der Waals surface area (Å²) in [5.41, 5.74) is 0. The molecule has 2 unspecified atom stereocenters. The lowest BCUT2D eigenvalue weighted by Crippen LogP contribution is -2.37. The number of esters is 1. The number of phosphoric acid groups is 1. The predicted octanol–water partition coefficient (Wildman–Crippen LogP) is 10.3. The molecule has 2 N–H and O–H groups in total. The summed E-state index contributed by atoms with van der Waals surface area (Å²) in [5, 5.41) is 9.89. The minimum atomic E-state index is -4.24. The monoisotopic (exact) mass is 679 g/mol. The molecule has 0 rings (SSSR count). The Morgan fingerprint density at radius 3 is 1.28 bits per heavy atom. The highest BCUT2D eigenvalue weighted by molar-refractivity contribution is 7.47. The van der Waals surface area contributed by atoms with Crippen LogP contribution in [0.5, 0.6) is 0 Å². The largest absolute Gasteiger partial charge is 0.472 e. The van der Waals surface area contributed by atoms with Gasteiger partial charge >= 0.3 is 13.8 Å². The Kier molecular flexibility index (Phi) is 31.4. The molecule has 0 aromatic carbocycles. The molecule has 0 aliphatic heterocycles. The molecule has 0 heterocycles. The van der Waals surface area contributed by atoms with E-state index in [-0.39, 0.29) is 19.2 Å². The fourth-order valence-electron chi connectivity index (χ4n) is 5.54. The number of aliphatic hydroxyl groups is 1. The van der Waals surface area contributed by atoms with E-state index < -0.39 is 20.5 Å². The summed E-state index contributed by atoms with van der Waals surface area (Å²) in [7, 11) is 1.57.